The summed E-state index contributed by atoms with van der Waals surface area (Å²) in [6, 6.07) is 10.7. The fourth-order valence-corrected chi connectivity index (χ4v) is 12.1. The number of rotatable bonds is 11. The number of nitrogens with one attached hydrogen (secondary N) is 1. The van der Waals surface area contributed by atoms with E-state index in [4.69, 9.17) is 4.74 Å². The van der Waals surface area contributed by atoms with Crippen molar-refractivity contribution in [2.45, 2.75) is 85.6 Å². The van der Waals surface area contributed by atoms with E-state index in [0.717, 1.165) is 69.8 Å². The summed E-state index contributed by atoms with van der Waals surface area (Å²) in [7, 11) is -2.55. The first-order chi connectivity index (χ1) is 26.8. The molecule has 4 aliphatic heterocycles. The van der Waals surface area contributed by atoms with Crippen LogP contribution in [-0.4, -0.2) is 125 Å². The van der Waals surface area contributed by atoms with Gasteiger partial charge in [-0.05, 0) is 132 Å². The quantitative estimate of drug-likeness (QED) is 0.312. The zero-order valence-corrected chi connectivity index (χ0v) is 33.3. The summed E-state index contributed by atoms with van der Waals surface area (Å²) in [6.45, 7) is 6.19. The molecule has 0 spiro atoms. The van der Waals surface area contributed by atoms with E-state index in [1.165, 1.54) is 30.2 Å². The van der Waals surface area contributed by atoms with E-state index in [1.807, 2.05) is 6.07 Å². The molecular weight excluding hydrogens is 744 g/mol. The molecule has 4 heterocycles. The van der Waals surface area contributed by atoms with Crippen molar-refractivity contribution >= 4 is 27.5 Å². The predicted octanol–water partition coefficient (Wildman–Crippen LogP) is 5.16. The van der Waals surface area contributed by atoms with Crippen molar-refractivity contribution in [3.8, 4) is 11.8 Å². The summed E-state index contributed by atoms with van der Waals surface area (Å²) in [5, 5.41) is 2.26. The van der Waals surface area contributed by atoms with Crippen LogP contribution in [0.2, 0.25) is 0 Å². The molecule has 2 aromatic carbocycles. The van der Waals surface area contributed by atoms with Gasteiger partial charge in [-0.1, -0.05) is 24.5 Å². The average molecular weight is 798 g/mol. The molecule has 4 atom stereocenters. The van der Waals surface area contributed by atoms with E-state index in [1.54, 1.807) is 24.0 Å². The number of nitrogens with zero attached hydrogens (tertiary/aromatic N) is 4. The number of alkyl halides is 1. The molecule has 5 fully saturated rings. The maximum Gasteiger partial charge on any atom is 0.407 e. The highest BCUT2D eigenvalue weighted by Gasteiger charge is 2.54. The Morgan fingerprint density at radius 1 is 0.946 bits per heavy atom. The summed E-state index contributed by atoms with van der Waals surface area (Å²) in [6.07, 6.45) is 5.78. The highest BCUT2D eigenvalue weighted by atomic mass is 32.2. The van der Waals surface area contributed by atoms with Crippen LogP contribution < -0.4 is 10.2 Å². The van der Waals surface area contributed by atoms with Gasteiger partial charge in [-0.25, -0.2) is 26.4 Å². The van der Waals surface area contributed by atoms with Crippen LogP contribution in [0.25, 0.3) is 0 Å². The summed E-state index contributed by atoms with van der Waals surface area (Å²) < 4.78 is 78.8. The number of piperidine rings is 2. The second kappa shape index (κ2) is 16.6. The Labute approximate surface area is 329 Å². The molecule has 14 heteroatoms. The van der Waals surface area contributed by atoms with Crippen molar-refractivity contribution in [2.75, 3.05) is 77.5 Å². The van der Waals surface area contributed by atoms with Crippen LogP contribution >= 0.6 is 0 Å². The standard InChI is InChI=1S/C42H54F3N5O5S/c1-3-8-39(51)49-20-6-11-34(25-49)56(53,54)33-14-15-38(36(44)24-33)50-27-41(45,28-50)26-48-21-16-30(17-22-48)42(29-47-18-7-19-47,31-9-4-10-32(43)23-31)35-12-5-13-37(35)46-40(52)55-2/h4,9-10,14-15,23-24,30,34-35,37H,5-7,11-13,16-22,25-29H2,1-2H3,(H,46,52)/t34?,35-,37-,42-/m0/s1. The van der Waals surface area contributed by atoms with Crippen LogP contribution in [0, 0.1) is 35.3 Å². The molecule has 1 unspecified atom stereocenters. The maximum atomic E-state index is 16.3. The highest BCUT2D eigenvalue weighted by Crippen LogP contribution is 2.52. The van der Waals surface area contributed by atoms with Gasteiger partial charge in [0.05, 0.1) is 36.0 Å². The van der Waals surface area contributed by atoms with Crippen LogP contribution in [0.1, 0.15) is 63.9 Å². The summed E-state index contributed by atoms with van der Waals surface area (Å²) in [5.74, 6) is 3.84. The zero-order chi connectivity index (χ0) is 39.7. The van der Waals surface area contributed by atoms with Gasteiger partial charge in [0.25, 0.3) is 5.91 Å². The second-order valence-electron chi connectivity index (χ2n) is 16.6. The van der Waals surface area contributed by atoms with E-state index >= 15 is 13.2 Å². The van der Waals surface area contributed by atoms with Crippen LogP contribution in [0.15, 0.2) is 47.4 Å². The van der Waals surface area contributed by atoms with E-state index < -0.39 is 44.0 Å². The third-order valence-electron chi connectivity index (χ3n) is 13.2. The van der Waals surface area contributed by atoms with Crippen molar-refractivity contribution in [1.82, 2.24) is 20.0 Å². The number of sulfone groups is 1. The highest BCUT2D eigenvalue weighted by molar-refractivity contribution is 7.92. The maximum absolute atomic E-state index is 16.3. The number of carbonyl (C=O) groups excluding carboxylic acids is 2. The van der Waals surface area contributed by atoms with E-state index in [9.17, 15) is 18.0 Å². The third kappa shape index (κ3) is 8.14. The van der Waals surface area contributed by atoms with Crippen molar-refractivity contribution < 1.29 is 35.9 Å². The number of hydrogen-bond acceptors (Lipinski definition) is 8. The van der Waals surface area contributed by atoms with Gasteiger partial charge in [0.2, 0.25) is 0 Å². The van der Waals surface area contributed by atoms with E-state index in [-0.39, 0.29) is 60.5 Å². The monoisotopic (exact) mass is 797 g/mol. The number of anilines is 1. The first-order valence-electron chi connectivity index (χ1n) is 20.1. The molecule has 0 aromatic heterocycles. The first-order valence-corrected chi connectivity index (χ1v) is 21.6. The Balaban J connectivity index is 1.01. The topological polar surface area (TPSA) is 103 Å². The Morgan fingerprint density at radius 2 is 1.71 bits per heavy atom. The SMILES string of the molecule is CC#CC(=O)N1CCCC(S(=O)(=O)c2ccc(N3CC(F)(CN4CCC([C@@](CN5CCC5)(c5cccc(F)c5)[C@H]5CCC[C@@H]5NC(=O)OC)CC4)C3)c(F)c2)C1. The molecule has 1 aliphatic carbocycles. The molecule has 2 amide bonds. The summed E-state index contributed by atoms with van der Waals surface area (Å²) in [5.41, 5.74) is -0.873. The molecule has 56 heavy (non-hydrogen) atoms. The van der Waals surface area contributed by atoms with E-state index in [2.05, 4.69) is 27.0 Å². The largest absolute Gasteiger partial charge is 0.453 e. The van der Waals surface area contributed by atoms with E-state index in [0.29, 0.717) is 32.5 Å². The molecule has 0 bridgehead atoms. The summed E-state index contributed by atoms with van der Waals surface area (Å²) in [4.78, 5) is 32.3. The lowest BCUT2D eigenvalue weighted by atomic mass is 9.57. The molecule has 4 saturated heterocycles. The normalized spacial score (nSPS) is 25.6. The van der Waals surface area contributed by atoms with Gasteiger partial charge >= 0.3 is 6.09 Å². The Bertz CT molecular complexity index is 1940. The van der Waals surface area contributed by atoms with Crippen LogP contribution in [0.4, 0.5) is 23.7 Å². The lowest BCUT2D eigenvalue weighted by Gasteiger charge is -2.54. The Kier molecular flexibility index (Phi) is 12.0. The van der Waals surface area contributed by atoms with Gasteiger partial charge in [0.15, 0.2) is 15.5 Å². The lowest BCUT2D eigenvalue weighted by molar-refractivity contribution is -0.125. The van der Waals surface area contributed by atoms with Gasteiger partial charge in [-0.15, -0.1) is 0 Å². The molecule has 304 valence electrons. The molecule has 1 N–H and O–H groups in total. The van der Waals surface area contributed by atoms with Crippen molar-refractivity contribution in [1.29, 1.82) is 0 Å². The van der Waals surface area contributed by atoms with Gasteiger partial charge in [0, 0.05) is 37.6 Å². The second-order valence-corrected chi connectivity index (χ2v) is 18.8. The fraction of sp³-hybridized carbons (Fsp3) is 0.619. The fourth-order valence-electron chi connectivity index (χ4n) is 10.3. The molecule has 2 aromatic rings. The van der Waals surface area contributed by atoms with Crippen LogP contribution in [0.5, 0.6) is 0 Å². The number of methoxy groups -OCH3 is 1. The van der Waals surface area contributed by atoms with Gasteiger partial charge in [0.1, 0.15) is 11.6 Å². The van der Waals surface area contributed by atoms with Crippen LogP contribution in [0.3, 0.4) is 0 Å². The number of carbonyl (C=O) groups is 2. The lowest BCUT2D eigenvalue weighted by Crippen LogP contribution is -2.65. The summed E-state index contributed by atoms with van der Waals surface area (Å²) >= 11 is 0. The van der Waals surface area contributed by atoms with Crippen molar-refractivity contribution in [3.63, 3.8) is 0 Å². The number of halogens is 3. The third-order valence-corrected chi connectivity index (χ3v) is 15.3. The smallest absolute Gasteiger partial charge is 0.407 e. The number of benzene rings is 2. The van der Waals surface area contributed by atoms with Crippen LogP contribution in [-0.2, 0) is 24.8 Å². The van der Waals surface area contributed by atoms with Gasteiger partial charge in [-0.3, -0.25) is 9.69 Å². The molecule has 1 saturated carbocycles. The van der Waals surface area contributed by atoms with Gasteiger partial charge in [-0.2, -0.15) is 0 Å². The Hall–Kier alpha value is -3.80. The minimum atomic E-state index is -3.92. The average Bonchev–Trinajstić information content (AvgIpc) is 3.62. The van der Waals surface area contributed by atoms with Gasteiger partial charge < -0.3 is 24.8 Å². The molecule has 0 radical (unpaired) electrons. The Morgan fingerprint density at radius 3 is 2.38 bits per heavy atom. The van der Waals surface area contributed by atoms with Crippen molar-refractivity contribution in [3.05, 3.63) is 59.7 Å². The predicted molar refractivity (Wildman–Crippen MR) is 208 cm³/mol. The minimum absolute atomic E-state index is 0.00486. The number of likely N-dealkylation sites (tertiary alicyclic amines) is 3. The molecule has 7 rings (SSSR count). The number of alkyl carbamates (subject to hydrolysis) is 1. The molecule has 10 nitrogen and oxygen atoms in total. The number of hydrogen-bond donors (Lipinski definition) is 1. The zero-order valence-electron chi connectivity index (χ0n) is 32.5. The number of amides is 2. The first kappa shape index (κ1) is 40.4. The van der Waals surface area contributed by atoms with Crippen molar-refractivity contribution in [2.24, 2.45) is 11.8 Å². The molecular formula is C42H54F3N5O5S. The number of ether oxygens (including phenoxy) is 1. The molecule has 5 aliphatic rings. The minimum Gasteiger partial charge on any atom is -0.453 e.